The molecule has 3 rings (SSSR count). The molecule has 1 aromatic carbocycles. The lowest BCUT2D eigenvalue weighted by atomic mass is 9.90. The van der Waals surface area contributed by atoms with Crippen LogP contribution in [0.15, 0.2) is 24.3 Å². The molecular weight excluding hydrogens is 248 g/mol. The summed E-state index contributed by atoms with van der Waals surface area (Å²) in [6.45, 7) is 6.81. The predicted molar refractivity (Wildman–Crippen MR) is 83.2 cm³/mol. The van der Waals surface area contributed by atoms with Crippen molar-refractivity contribution >= 4 is 5.69 Å². The first-order valence-corrected chi connectivity index (χ1v) is 7.78. The number of rotatable bonds is 3. The number of para-hydroxylation sites is 1. The highest BCUT2D eigenvalue weighted by molar-refractivity contribution is 5.53. The lowest BCUT2D eigenvalue weighted by molar-refractivity contribution is -0.0533. The molecule has 20 heavy (non-hydrogen) atoms. The zero-order valence-electron chi connectivity index (χ0n) is 12.7. The van der Waals surface area contributed by atoms with E-state index in [0.717, 1.165) is 13.1 Å². The average molecular weight is 274 g/mol. The van der Waals surface area contributed by atoms with Crippen molar-refractivity contribution in [3.63, 3.8) is 0 Å². The third kappa shape index (κ3) is 2.99. The second-order valence-electron chi connectivity index (χ2n) is 6.60. The minimum Gasteiger partial charge on any atom is -0.384 e. The highest BCUT2D eigenvalue weighted by atomic mass is 16.5. The molecule has 0 bridgehead atoms. The van der Waals surface area contributed by atoms with Gasteiger partial charge < -0.3 is 15.0 Å². The number of benzene rings is 1. The Hall–Kier alpha value is -1.06. The molecule has 2 unspecified atom stereocenters. The summed E-state index contributed by atoms with van der Waals surface area (Å²) in [5.41, 5.74) is 2.84. The predicted octanol–water partition coefficient (Wildman–Crippen LogP) is 2.77. The average Bonchev–Trinajstić information content (AvgIpc) is 2.47. The lowest BCUT2D eigenvalue weighted by Crippen LogP contribution is -2.49. The summed E-state index contributed by atoms with van der Waals surface area (Å²) in [4.78, 5) is 2.59. The third-order valence-electron chi connectivity index (χ3n) is 4.85. The van der Waals surface area contributed by atoms with E-state index in [2.05, 4.69) is 41.4 Å². The molecule has 2 atom stereocenters. The van der Waals surface area contributed by atoms with E-state index >= 15 is 0 Å². The van der Waals surface area contributed by atoms with Gasteiger partial charge in [-0.1, -0.05) is 18.2 Å². The van der Waals surface area contributed by atoms with Gasteiger partial charge >= 0.3 is 0 Å². The van der Waals surface area contributed by atoms with Gasteiger partial charge in [0.2, 0.25) is 0 Å². The Morgan fingerprint density at radius 3 is 3.10 bits per heavy atom. The smallest absolute Gasteiger partial charge is 0.0777 e. The Morgan fingerprint density at radius 2 is 2.25 bits per heavy atom. The molecule has 1 N–H and O–H groups in total. The molecule has 1 aromatic rings. The molecule has 3 nitrogen and oxygen atoms in total. The molecular formula is C17H26N2O. The maximum Gasteiger partial charge on any atom is 0.0777 e. The highest BCUT2D eigenvalue weighted by Crippen LogP contribution is 2.28. The number of methoxy groups -OCH3 is 1. The van der Waals surface area contributed by atoms with Gasteiger partial charge in [0.25, 0.3) is 0 Å². The molecule has 0 amide bonds. The first kappa shape index (κ1) is 13.9. The van der Waals surface area contributed by atoms with Gasteiger partial charge in [0.15, 0.2) is 0 Å². The van der Waals surface area contributed by atoms with Gasteiger partial charge in [-0.25, -0.2) is 0 Å². The van der Waals surface area contributed by atoms with E-state index in [-0.39, 0.29) is 5.60 Å². The molecule has 1 saturated heterocycles. The minimum absolute atomic E-state index is 0.0538. The molecule has 1 fully saturated rings. The maximum atomic E-state index is 5.70. The first-order chi connectivity index (χ1) is 9.68. The fourth-order valence-corrected chi connectivity index (χ4v) is 3.63. The standard InChI is InChI=1S/C17H26N2O/c1-17(20-2)8-5-9-19(13-17)12-14-10-15-6-3-4-7-16(15)18-11-14/h3-4,6-7,14,18H,5,8-13H2,1-2H3. The summed E-state index contributed by atoms with van der Waals surface area (Å²) >= 11 is 0. The van der Waals surface area contributed by atoms with E-state index < -0.39 is 0 Å². The number of likely N-dealkylation sites (tertiary alicyclic amines) is 1. The molecule has 2 aliphatic rings. The summed E-state index contributed by atoms with van der Waals surface area (Å²) in [6, 6.07) is 8.70. The summed E-state index contributed by atoms with van der Waals surface area (Å²) in [5, 5.41) is 3.58. The summed E-state index contributed by atoms with van der Waals surface area (Å²) in [5.74, 6) is 0.712. The SMILES string of the molecule is COC1(C)CCCN(CC2CNc3ccccc3C2)C1. The van der Waals surface area contributed by atoms with Crippen LogP contribution in [0.25, 0.3) is 0 Å². The minimum atomic E-state index is 0.0538. The van der Waals surface area contributed by atoms with E-state index in [0.29, 0.717) is 5.92 Å². The Morgan fingerprint density at radius 1 is 1.40 bits per heavy atom. The van der Waals surface area contributed by atoms with E-state index in [4.69, 9.17) is 4.74 Å². The Kier molecular flexibility index (Phi) is 3.99. The number of piperidine rings is 1. The quantitative estimate of drug-likeness (QED) is 0.917. The van der Waals surface area contributed by atoms with Crippen LogP contribution in [0.3, 0.4) is 0 Å². The molecule has 0 spiro atoms. The Bertz CT molecular complexity index is 462. The van der Waals surface area contributed by atoms with Crippen LogP contribution in [0, 0.1) is 5.92 Å². The van der Waals surface area contributed by atoms with Crippen LogP contribution >= 0.6 is 0 Å². The van der Waals surface area contributed by atoms with Crippen molar-refractivity contribution in [2.45, 2.75) is 31.8 Å². The van der Waals surface area contributed by atoms with Crippen LogP contribution in [0.4, 0.5) is 5.69 Å². The van der Waals surface area contributed by atoms with E-state index in [1.165, 1.54) is 43.6 Å². The van der Waals surface area contributed by atoms with Gasteiger partial charge in [-0.15, -0.1) is 0 Å². The third-order valence-corrected chi connectivity index (χ3v) is 4.85. The van der Waals surface area contributed by atoms with Crippen molar-refractivity contribution in [1.29, 1.82) is 0 Å². The normalized spacial score (nSPS) is 30.6. The van der Waals surface area contributed by atoms with E-state index in [1.807, 2.05) is 7.11 Å². The monoisotopic (exact) mass is 274 g/mol. The summed E-state index contributed by atoms with van der Waals surface area (Å²) < 4.78 is 5.70. The number of anilines is 1. The number of hydrogen-bond donors (Lipinski definition) is 1. The van der Waals surface area contributed by atoms with Crippen molar-refractivity contribution in [2.24, 2.45) is 5.92 Å². The van der Waals surface area contributed by atoms with E-state index in [1.54, 1.807) is 0 Å². The molecule has 2 aliphatic heterocycles. The number of fused-ring (bicyclic) bond motifs is 1. The van der Waals surface area contributed by atoms with Crippen LogP contribution in [0.2, 0.25) is 0 Å². The maximum absolute atomic E-state index is 5.70. The molecule has 0 saturated carbocycles. The second kappa shape index (κ2) is 5.74. The van der Waals surface area contributed by atoms with Gasteiger partial charge in [-0.2, -0.15) is 0 Å². The number of nitrogens with zero attached hydrogens (tertiary/aromatic N) is 1. The fourth-order valence-electron chi connectivity index (χ4n) is 3.63. The van der Waals surface area contributed by atoms with Crippen LogP contribution < -0.4 is 5.32 Å². The lowest BCUT2D eigenvalue weighted by Gasteiger charge is -2.41. The zero-order chi connectivity index (χ0) is 14.0. The molecule has 110 valence electrons. The van der Waals surface area contributed by atoms with Gasteiger partial charge in [0, 0.05) is 32.4 Å². The van der Waals surface area contributed by atoms with Crippen LogP contribution in [0.1, 0.15) is 25.3 Å². The summed E-state index contributed by atoms with van der Waals surface area (Å²) in [6.07, 6.45) is 3.64. The molecule has 0 radical (unpaired) electrons. The van der Waals surface area contributed by atoms with Crippen LogP contribution in [0.5, 0.6) is 0 Å². The number of hydrogen-bond acceptors (Lipinski definition) is 3. The van der Waals surface area contributed by atoms with Gasteiger partial charge in [0.1, 0.15) is 0 Å². The van der Waals surface area contributed by atoms with Crippen molar-refractivity contribution in [3.8, 4) is 0 Å². The molecule has 3 heteroatoms. The zero-order valence-corrected chi connectivity index (χ0v) is 12.7. The number of ether oxygens (including phenoxy) is 1. The molecule has 0 aromatic heterocycles. The largest absolute Gasteiger partial charge is 0.384 e. The van der Waals surface area contributed by atoms with E-state index in [9.17, 15) is 0 Å². The Labute approximate surface area is 122 Å². The van der Waals surface area contributed by atoms with Gasteiger partial charge in [-0.05, 0) is 50.3 Å². The highest BCUT2D eigenvalue weighted by Gasteiger charge is 2.32. The van der Waals surface area contributed by atoms with Gasteiger partial charge in [0.05, 0.1) is 5.60 Å². The topological polar surface area (TPSA) is 24.5 Å². The molecule has 0 aliphatic carbocycles. The van der Waals surface area contributed by atoms with Gasteiger partial charge in [-0.3, -0.25) is 0 Å². The van der Waals surface area contributed by atoms with Crippen molar-refractivity contribution in [3.05, 3.63) is 29.8 Å². The van der Waals surface area contributed by atoms with Crippen LogP contribution in [-0.2, 0) is 11.2 Å². The summed E-state index contributed by atoms with van der Waals surface area (Å²) in [7, 11) is 1.85. The second-order valence-corrected chi connectivity index (χ2v) is 6.60. The van der Waals surface area contributed by atoms with Crippen molar-refractivity contribution in [1.82, 2.24) is 4.90 Å². The van der Waals surface area contributed by atoms with Crippen molar-refractivity contribution in [2.75, 3.05) is 38.6 Å². The van der Waals surface area contributed by atoms with Crippen LogP contribution in [-0.4, -0.2) is 43.8 Å². The first-order valence-electron chi connectivity index (χ1n) is 7.78. The van der Waals surface area contributed by atoms with Crippen molar-refractivity contribution < 1.29 is 4.74 Å². The fraction of sp³-hybridized carbons (Fsp3) is 0.647. The Balaban J connectivity index is 1.59. The number of nitrogens with one attached hydrogen (secondary N) is 1. The molecule has 2 heterocycles.